The number of hydrogen-bond donors (Lipinski definition) is 0. The smallest absolute Gasteiger partial charge is 0.126 e. The number of halogens is 3. The first-order valence-corrected chi connectivity index (χ1v) is 4.99. The predicted molar refractivity (Wildman–Crippen MR) is 64.6 cm³/mol. The molecule has 0 spiro atoms. The Balaban J connectivity index is 0.00000112. The Morgan fingerprint density at radius 3 is 2.60 bits per heavy atom. The minimum absolute atomic E-state index is 0. The lowest BCUT2D eigenvalue weighted by atomic mass is 10.2. The second kappa shape index (κ2) is 5.38. The maximum absolute atomic E-state index is 13.1. The van der Waals surface area contributed by atoms with Crippen molar-refractivity contribution in [3.05, 3.63) is 41.2 Å². The van der Waals surface area contributed by atoms with E-state index in [2.05, 4.69) is 17.1 Å². The van der Waals surface area contributed by atoms with Crippen LogP contribution in [0.2, 0.25) is 5.02 Å². The molecule has 1 aliphatic rings. The van der Waals surface area contributed by atoms with Gasteiger partial charge in [0.25, 0.3) is 0 Å². The Labute approximate surface area is 99.9 Å². The van der Waals surface area contributed by atoms with Crippen LogP contribution in [0.5, 0.6) is 0 Å². The topological polar surface area (TPSA) is 3.24 Å². The lowest BCUT2D eigenvalue weighted by Gasteiger charge is -2.25. The van der Waals surface area contributed by atoms with Crippen LogP contribution in [-0.4, -0.2) is 13.1 Å². The minimum atomic E-state index is -0.276. The number of hydrogen-bond acceptors (Lipinski definition) is 1. The molecule has 0 bridgehead atoms. The highest BCUT2D eigenvalue weighted by Crippen LogP contribution is 2.23. The van der Waals surface area contributed by atoms with Crippen molar-refractivity contribution < 1.29 is 4.39 Å². The van der Waals surface area contributed by atoms with E-state index in [0.717, 1.165) is 25.2 Å². The summed E-state index contributed by atoms with van der Waals surface area (Å²) in [4.78, 5) is 2.11. The third-order valence-corrected chi connectivity index (χ3v) is 2.49. The van der Waals surface area contributed by atoms with Gasteiger partial charge in [0.2, 0.25) is 0 Å². The highest BCUT2D eigenvalue weighted by molar-refractivity contribution is 6.30. The number of rotatable bonds is 1. The standard InChI is InChI=1S/C11H11ClFN.ClH/c12-9-6-10(13)8-11(7-9)14-4-2-1-3-5-14;/h1-2,6-8H,3-5H2;1H. The van der Waals surface area contributed by atoms with Crippen LogP contribution in [0.4, 0.5) is 10.1 Å². The lowest BCUT2D eigenvalue weighted by molar-refractivity contribution is 0.626. The van der Waals surface area contributed by atoms with Crippen molar-refractivity contribution in [1.29, 1.82) is 0 Å². The van der Waals surface area contributed by atoms with E-state index in [0.29, 0.717) is 5.02 Å². The highest BCUT2D eigenvalue weighted by atomic mass is 35.5. The molecule has 4 heteroatoms. The first-order valence-electron chi connectivity index (χ1n) is 4.62. The third-order valence-electron chi connectivity index (χ3n) is 2.27. The van der Waals surface area contributed by atoms with Gasteiger partial charge in [-0.25, -0.2) is 4.39 Å². The van der Waals surface area contributed by atoms with Gasteiger partial charge in [-0.3, -0.25) is 0 Å². The average Bonchev–Trinajstić information content (AvgIpc) is 2.18. The Morgan fingerprint density at radius 2 is 2.00 bits per heavy atom. The first-order chi connectivity index (χ1) is 6.75. The van der Waals surface area contributed by atoms with Gasteiger partial charge in [-0.1, -0.05) is 23.8 Å². The van der Waals surface area contributed by atoms with Gasteiger partial charge in [0.05, 0.1) is 0 Å². The number of benzene rings is 1. The Hall–Kier alpha value is -0.730. The monoisotopic (exact) mass is 247 g/mol. The summed E-state index contributed by atoms with van der Waals surface area (Å²) in [5, 5.41) is 0.453. The van der Waals surface area contributed by atoms with Crippen molar-refractivity contribution in [1.82, 2.24) is 0 Å². The third kappa shape index (κ3) is 3.11. The molecule has 0 atom stereocenters. The van der Waals surface area contributed by atoms with Gasteiger partial charge in [0.15, 0.2) is 0 Å². The molecular formula is C11H12Cl2FN. The van der Waals surface area contributed by atoms with E-state index in [9.17, 15) is 4.39 Å². The van der Waals surface area contributed by atoms with Crippen LogP contribution in [0.15, 0.2) is 30.4 Å². The van der Waals surface area contributed by atoms with Crippen molar-refractivity contribution in [3.63, 3.8) is 0 Å². The zero-order valence-corrected chi connectivity index (χ0v) is 9.69. The summed E-state index contributed by atoms with van der Waals surface area (Å²) < 4.78 is 13.1. The maximum Gasteiger partial charge on any atom is 0.126 e. The largest absolute Gasteiger partial charge is 0.367 e. The molecule has 0 aliphatic carbocycles. The lowest BCUT2D eigenvalue weighted by Crippen LogP contribution is -2.26. The quantitative estimate of drug-likeness (QED) is 0.685. The van der Waals surface area contributed by atoms with Gasteiger partial charge in [0, 0.05) is 23.8 Å². The molecule has 1 heterocycles. The molecule has 1 aromatic rings. The molecule has 1 aliphatic heterocycles. The Bertz CT molecular complexity index is 345. The molecule has 0 aromatic heterocycles. The second-order valence-corrected chi connectivity index (χ2v) is 3.77. The second-order valence-electron chi connectivity index (χ2n) is 3.33. The van der Waals surface area contributed by atoms with Gasteiger partial charge in [-0.15, -0.1) is 12.4 Å². The van der Waals surface area contributed by atoms with Crippen LogP contribution < -0.4 is 4.90 Å². The molecule has 0 amide bonds. The van der Waals surface area contributed by atoms with E-state index in [-0.39, 0.29) is 18.2 Å². The summed E-state index contributed by atoms with van der Waals surface area (Å²) in [5.41, 5.74) is 0.861. The van der Waals surface area contributed by atoms with Gasteiger partial charge in [0.1, 0.15) is 5.82 Å². The number of nitrogens with zero attached hydrogens (tertiary/aromatic N) is 1. The van der Waals surface area contributed by atoms with E-state index < -0.39 is 0 Å². The van der Waals surface area contributed by atoms with E-state index in [1.807, 2.05) is 0 Å². The van der Waals surface area contributed by atoms with Crippen molar-refractivity contribution in [2.45, 2.75) is 6.42 Å². The fraction of sp³-hybridized carbons (Fsp3) is 0.273. The molecule has 0 saturated heterocycles. The molecule has 82 valence electrons. The van der Waals surface area contributed by atoms with Gasteiger partial charge in [-0.2, -0.15) is 0 Å². The normalized spacial score (nSPS) is 14.9. The van der Waals surface area contributed by atoms with E-state index in [1.165, 1.54) is 12.1 Å². The van der Waals surface area contributed by atoms with Crippen LogP contribution in [0.1, 0.15) is 6.42 Å². The molecule has 0 N–H and O–H groups in total. The molecule has 0 radical (unpaired) electrons. The summed E-state index contributed by atoms with van der Waals surface area (Å²) in [6, 6.07) is 4.64. The summed E-state index contributed by atoms with van der Waals surface area (Å²) in [7, 11) is 0. The predicted octanol–water partition coefficient (Wildman–Crippen LogP) is 3.67. The first kappa shape index (κ1) is 12.3. The van der Waals surface area contributed by atoms with Crippen molar-refractivity contribution in [2.24, 2.45) is 0 Å². The number of anilines is 1. The van der Waals surface area contributed by atoms with Gasteiger partial charge < -0.3 is 4.90 Å². The van der Waals surface area contributed by atoms with E-state index in [4.69, 9.17) is 11.6 Å². The summed E-state index contributed by atoms with van der Waals surface area (Å²) in [6.45, 7) is 1.76. The maximum atomic E-state index is 13.1. The van der Waals surface area contributed by atoms with Gasteiger partial charge >= 0.3 is 0 Å². The summed E-state index contributed by atoms with van der Waals surface area (Å²) >= 11 is 5.78. The Kier molecular flexibility index (Phi) is 4.43. The molecule has 0 unspecified atom stereocenters. The summed E-state index contributed by atoms with van der Waals surface area (Å²) in [6.07, 6.45) is 5.23. The van der Waals surface area contributed by atoms with Gasteiger partial charge in [-0.05, 0) is 24.6 Å². The fourth-order valence-electron chi connectivity index (χ4n) is 1.60. The molecule has 2 rings (SSSR count). The minimum Gasteiger partial charge on any atom is -0.367 e. The summed E-state index contributed by atoms with van der Waals surface area (Å²) in [5.74, 6) is -0.276. The van der Waals surface area contributed by atoms with Crippen LogP contribution >= 0.6 is 24.0 Å². The van der Waals surface area contributed by atoms with E-state index in [1.54, 1.807) is 6.07 Å². The van der Waals surface area contributed by atoms with Crippen molar-refractivity contribution in [3.8, 4) is 0 Å². The van der Waals surface area contributed by atoms with Crippen LogP contribution in [0, 0.1) is 5.82 Å². The molecule has 15 heavy (non-hydrogen) atoms. The van der Waals surface area contributed by atoms with Crippen LogP contribution in [-0.2, 0) is 0 Å². The molecule has 1 nitrogen and oxygen atoms in total. The average molecular weight is 248 g/mol. The molecule has 0 saturated carbocycles. The molecular weight excluding hydrogens is 236 g/mol. The SMILES string of the molecule is Cl.Fc1cc(Cl)cc(N2CC=CCC2)c1. The molecule has 1 aromatic carbocycles. The van der Waals surface area contributed by atoms with Crippen LogP contribution in [0.25, 0.3) is 0 Å². The molecule has 0 fully saturated rings. The van der Waals surface area contributed by atoms with Crippen molar-refractivity contribution >= 4 is 29.7 Å². The zero-order chi connectivity index (χ0) is 9.97. The van der Waals surface area contributed by atoms with Crippen molar-refractivity contribution in [2.75, 3.05) is 18.0 Å². The van der Waals surface area contributed by atoms with Crippen LogP contribution in [0.3, 0.4) is 0 Å². The van der Waals surface area contributed by atoms with E-state index >= 15 is 0 Å². The fourth-order valence-corrected chi connectivity index (χ4v) is 1.81. The highest BCUT2D eigenvalue weighted by Gasteiger charge is 2.08. The Morgan fingerprint density at radius 1 is 1.20 bits per heavy atom. The zero-order valence-electron chi connectivity index (χ0n) is 8.12.